The molecule has 0 unspecified atom stereocenters. The third-order valence-electron chi connectivity index (χ3n) is 12.7. The summed E-state index contributed by atoms with van der Waals surface area (Å²) < 4.78 is 11.4. The van der Waals surface area contributed by atoms with Gasteiger partial charge in [0.15, 0.2) is 0 Å². The number of fused-ring (bicyclic) bond motifs is 3. The van der Waals surface area contributed by atoms with Crippen LogP contribution in [0.5, 0.6) is 11.5 Å². The van der Waals surface area contributed by atoms with Crippen LogP contribution < -0.4 is 14.5 Å². The first kappa shape index (κ1) is 39.0. The van der Waals surface area contributed by atoms with E-state index in [0.717, 1.165) is 62.9 Å². The minimum atomic E-state index is -0.0908. The van der Waals surface area contributed by atoms with Crippen molar-refractivity contribution in [1.29, 1.82) is 0 Å². The van der Waals surface area contributed by atoms with Crippen LogP contribution in [0.15, 0.2) is 85.5 Å². The molecule has 7 aromatic rings. The zero-order valence-electron chi connectivity index (χ0n) is 36.9. The van der Waals surface area contributed by atoms with Gasteiger partial charge in [0.1, 0.15) is 17.8 Å². The van der Waals surface area contributed by atoms with E-state index in [0.29, 0.717) is 0 Å². The minimum Gasteiger partial charge on any atom is -0.457 e. The van der Waals surface area contributed by atoms with Crippen molar-refractivity contribution >= 4 is 33.2 Å². The molecule has 0 saturated heterocycles. The second-order valence-corrected chi connectivity index (χ2v) is 18.6. The van der Waals surface area contributed by atoms with E-state index in [9.17, 15) is 0 Å². The summed E-state index contributed by atoms with van der Waals surface area (Å²) in [7, 11) is 0. The lowest BCUT2D eigenvalue weighted by Crippen LogP contribution is -2.26. The molecule has 0 amide bonds. The van der Waals surface area contributed by atoms with Gasteiger partial charge in [-0.15, -0.1) is 10.2 Å². The van der Waals surface area contributed by atoms with Gasteiger partial charge in [0.2, 0.25) is 5.95 Å². The van der Waals surface area contributed by atoms with Gasteiger partial charge in [-0.25, -0.2) is 0 Å². The fourth-order valence-corrected chi connectivity index (χ4v) is 8.84. The van der Waals surface area contributed by atoms with Crippen molar-refractivity contribution in [2.24, 2.45) is 0 Å². The average Bonchev–Trinajstić information content (AvgIpc) is 3.92. The maximum Gasteiger partial charge on any atom is 0.240 e. The van der Waals surface area contributed by atoms with E-state index in [1.807, 2.05) is 6.33 Å². The van der Waals surface area contributed by atoms with Crippen LogP contribution in [-0.4, -0.2) is 26.0 Å². The van der Waals surface area contributed by atoms with Gasteiger partial charge in [-0.2, -0.15) is 0 Å². The molecule has 0 atom stereocenters. The average molecular weight is 771 g/mol. The van der Waals surface area contributed by atoms with Gasteiger partial charge in [-0.1, -0.05) is 71.9 Å². The number of benzene rings is 5. The monoisotopic (exact) mass is 770 g/mol. The summed E-state index contributed by atoms with van der Waals surface area (Å²) in [5.41, 5.74) is 18.3. The van der Waals surface area contributed by atoms with Crippen LogP contribution >= 0.6 is 0 Å². The summed E-state index contributed by atoms with van der Waals surface area (Å²) in [6.45, 7) is 32.1. The van der Waals surface area contributed by atoms with E-state index in [1.54, 1.807) is 0 Å². The van der Waals surface area contributed by atoms with Crippen LogP contribution in [0.2, 0.25) is 0 Å². The topological polar surface area (TPSA) is 51.4 Å². The number of hydrogen-bond donors (Lipinski definition) is 0. The highest BCUT2D eigenvalue weighted by atomic mass is 16.5. The SMILES string of the molecule is Cc1cc(C(C)(C)C)cc(C)c1-n1cnnc1-n1c2ccccc2c2ccc(Oc3cc(N4C=CN(c5c(C)c(C)c(C)c(C)c5C)C4)cc(C(C)(C)C)c3)c(C)c21. The van der Waals surface area contributed by atoms with Crippen molar-refractivity contribution in [3.8, 4) is 23.1 Å². The highest BCUT2D eigenvalue weighted by Crippen LogP contribution is 2.42. The number of aromatic nitrogens is 4. The molecule has 3 heterocycles. The van der Waals surface area contributed by atoms with E-state index in [1.165, 1.54) is 55.8 Å². The number of rotatable bonds is 6. The van der Waals surface area contributed by atoms with Gasteiger partial charge < -0.3 is 14.5 Å². The maximum atomic E-state index is 6.99. The summed E-state index contributed by atoms with van der Waals surface area (Å²) in [5.74, 6) is 2.35. The molecule has 0 saturated carbocycles. The van der Waals surface area contributed by atoms with Gasteiger partial charge in [-0.05, 0) is 147 Å². The standard InChI is InChI=1S/C51H58N6O/c1-30-23-38(50(9,10)11)24-31(2)46(30)56-28-52-53-49(56)57-44-18-16-15-17-42(44)43-19-20-45(37(8)48(43)57)58-41-26-39(51(12,13)14)25-40(27-41)54-21-22-55(29-54)47-35(6)33(4)32(3)34(5)36(47)7/h15-28H,29H2,1-14H3. The van der Waals surface area contributed by atoms with E-state index >= 15 is 0 Å². The second kappa shape index (κ2) is 13.9. The molecular weight excluding hydrogens is 713 g/mol. The molecule has 0 N–H and O–H groups in total. The van der Waals surface area contributed by atoms with E-state index in [-0.39, 0.29) is 10.8 Å². The highest BCUT2D eigenvalue weighted by molar-refractivity contribution is 6.10. The smallest absolute Gasteiger partial charge is 0.240 e. The molecule has 1 aliphatic rings. The summed E-state index contributed by atoms with van der Waals surface area (Å²) in [4.78, 5) is 4.70. The summed E-state index contributed by atoms with van der Waals surface area (Å²) in [5, 5.41) is 11.6. The Morgan fingerprint density at radius 3 is 1.84 bits per heavy atom. The molecular formula is C51H58N6O. The largest absolute Gasteiger partial charge is 0.457 e. The van der Waals surface area contributed by atoms with Gasteiger partial charge in [-0.3, -0.25) is 9.13 Å². The molecule has 0 spiro atoms. The lowest BCUT2D eigenvalue weighted by atomic mass is 9.85. The van der Waals surface area contributed by atoms with Crippen LogP contribution in [0.1, 0.15) is 97.2 Å². The highest BCUT2D eigenvalue weighted by Gasteiger charge is 2.26. The first-order valence-corrected chi connectivity index (χ1v) is 20.5. The van der Waals surface area contributed by atoms with E-state index < -0.39 is 0 Å². The van der Waals surface area contributed by atoms with Gasteiger partial charge >= 0.3 is 0 Å². The van der Waals surface area contributed by atoms with Crippen molar-refractivity contribution in [3.63, 3.8) is 0 Å². The van der Waals surface area contributed by atoms with Gasteiger partial charge in [0.25, 0.3) is 0 Å². The predicted molar refractivity (Wildman–Crippen MR) is 243 cm³/mol. The lowest BCUT2D eigenvalue weighted by Gasteiger charge is -2.28. The summed E-state index contributed by atoms with van der Waals surface area (Å²) >= 11 is 0. The molecule has 298 valence electrons. The van der Waals surface area contributed by atoms with Gasteiger partial charge in [0, 0.05) is 46.2 Å². The number of hydrogen-bond acceptors (Lipinski definition) is 5. The zero-order chi connectivity index (χ0) is 41.6. The molecule has 0 fully saturated rings. The molecule has 7 nitrogen and oxygen atoms in total. The summed E-state index contributed by atoms with van der Waals surface area (Å²) in [6, 6.07) is 24.2. The summed E-state index contributed by atoms with van der Waals surface area (Å²) in [6.07, 6.45) is 6.25. The number of aryl methyl sites for hydroxylation is 3. The van der Waals surface area contributed by atoms with Crippen LogP contribution in [0, 0.1) is 55.4 Å². The van der Waals surface area contributed by atoms with Gasteiger partial charge in [0.05, 0.1) is 23.4 Å². The number of nitrogens with zero attached hydrogens (tertiary/aromatic N) is 6. The Morgan fingerprint density at radius 1 is 0.586 bits per heavy atom. The molecule has 58 heavy (non-hydrogen) atoms. The minimum absolute atomic E-state index is 0.0428. The number of anilines is 2. The Morgan fingerprint density at radius 2 is 1.19 bits per heavy atom. The molecule has 8 rings (SSSR count). The number of para-hydroxylation sites is 1. The third-order valence-corrected chi connectivity index (χ3v) is 12.7. The zero-order valence-corrected chi connectivity index (χ0v) is 36.9. The fourth-order valence-electron chi connectivity index (χ4n) is 8.84. The first-order valence-electron chi connectivity index (χ1n) is 20.5. The fraction of sp³-hybridized carbons (Fsp3) is 0.333. The molecule has 7 heteroatoms. The Balaban J connectivity index is 1.22. The predicted octanol–water partition coefficient (Wildman–Crippen LogP) is 13.0. The Kier molecular flexibility index (Phi) is 9.37. The number of ether oxygens (including phenoxy) is 1. The van der Waals surface area contributed by atoms with Crippen LogP contribution in [0.3, 0.4) is 0 Å². The van der Waals surface area contributed by atoms with Crippen molar-refractivity contribution in [1.82, 2.24) is 19.3 Å². The molecule has 1 aliphatic heterocycles. The third kappa shape index (κ3) is 6.45. The lowest BCUT2D eigenvalue weighted by molar-refractivity contribution is 0.476. The molecule has 5 aromatic carbocycles. The Bertz CT molecular complexity index is 2750. The van der Waals surface area contributed by atoms with Crippen LogP contribution in [0.4, 0.5) is 11.4 Å². The Hall–Kier alpha value is -5.82. The van der Waals surface area contributed by atoms with Crippen molar-refractivity contribution in [2.45, 2.75) is 108 Å². The normalized spacial score (nSPS) is 13.5. The quantitative estimate of drug-likeness (QED) is 0.169. The van der Waals surface area contributed by atoms with E-state index in [2.05, 4.69) is 200 Å². The molecule has 0 bridgehead atoms. The molecule has 2 aromatic heterocycles. The molecule has 0 radical (unpaired) electrons. The molecule has 0 aliphatic carbocycles. The van der Waals surface area contributed by atoms with E-state index in [4.69, 9.17) is 9.84 Å². The first-order chi connectivity index (χ1) is 27.3. The van der Waals surface area contributed by atoms with Crippen LogP contribution in [-0.2, 0) is 10.8 Å². The Labute approximate surface area is 344 Å². The second-order valence-electron chi connectivity index (χ2n) is 18.6. The maximum absolute atomic E-state index is 6.99. The van der Waals surface area contributed by atoms with Crippen molar-refractivity contribution in [3.05, 3.63) is 141 Å². The van der Waals surface area contributed by atoms with Crippen molar-refractivity contribution < 1.29 is 4.74 Å². The van der Waals surface area contributed by atoms with Crippen LogP contribution in [0.25, 0.3) is 33.4 Å². The van der Waals surface area contributed by atoms with Crippen molar-refractivity contribution in [2.75, 3.05) is 16.5 Å².